The molecule has 0 saturated heterocycles. The van der Waals surface area contributed by atoms with E-state index in [2.05, 4.69) is 4.72 Å². The number of hydrogen-bond acceptors (Lipinski definition) is 4. The van der Waals surface area contributed by atoms with Crippen molar-refractivity contribution in [2.45, 2.75) is 11.4 Å². The zero-order valence-electron chi connectivity index (χ0n) is 13.8. The van der Waals surface area contributed by atoms with E-state index in [0.29, 0.717) is 16.5 Å². The Morgan fingerprint density at radius 1 is 0.923 bits per heavy atom. The maximum atomic E-state index is 12.8. The quantitative estimate of drug-likeness (QED) is 0.666. The molecule has 0 aliphatic heterocycles. The Hall–Kier alpha value is -2.90. The number of rotatable bonds is 7. The number of carbonyl (C=O) groups is 1. The summed E-state index contributed by atoms with van der Waals surface area (Å²) >= 11 is 0. The average Bonchev–Trinajstić information content (AvgIpc) is 2.65. The van der Waals surface area contributed by atoms with Crippen LogP contribution in [0.3, 0.4) is 0 Å². The minimum atomic E-state index is -3.75. The summed E-state index contributed by atoms with van der Waals surface area (Å²) < 4.78 is 33.4. The van der Waals surface area contributed by atoms with Crippen LogP contribution in [-0.4, -0.2) is 26.1 Å². The van der Waals surface area contributed by atoms with Crippen LogP contribution in [0.4, 0.5) is 0 Å². The Kier molecular flexibility index (Phi) is 5.20. The van der Waals surface area contributed by atoms with Crippen molar-refractivity contribution in [3.05, 3.63) is 72.3 Å². The molecule has 3 aromatic rings. The highest BCUT2D eigenvalue weighted by Gasteiger charge is 2.18. The number of carboxylic acid groups (broad SMARTS) is 1. The highest BCUT2D eigenvalue weighted by Crippen LogP contribution is 2.30. The van der Waals surface area contributed by atoms with Crippen LogP contribution in [0, 0.1) is 0 Å². The van der Waals surface area contributed by atoms with Gasteiger partial charge in [-0.2, -0.15) is 0 Å². The molecule has 0 heterocycles. The topological polar surface area (TPSA) is 92.7 Å². The molecule has 0 atom stereocenters. The third-order valence-corrected chi connectivity index (χ3v) is 5.25. The van der Waals surface area contributed by atoms with Gasteiger partial charge in [-0.1, -0.05) is 54.6 Å². The van der Waals surface area contributed by atoms with E-state index in [4.69, 9.17) is 9.84 Å². The second-order valence-electron chi connectivity index (χ2n) is 5.60. The standard InChI is InChI=1S/C19H17NO5S/c21-19(22)13-25-17-10-4-9-16-15(17)8-5-11-18(16)26(23,24)20-12-14-6-2-1-3-7-14/h1-11,20H,12-13H2,(H,21,22). The van der Waals surface area contributed by atoms with Crippen molar-refractivity contribution < 1.29 is 23.1 Å². The van der Waals surface area contributed by atoms with E-state index < -0.39 is 22.6 Å². The van der Waals surface area contributed by atoms with Crippen LogP contribution in [0.5, 0.6) is 5.75 Å². The Bertz CT molecular complexity index is 1030. The van der Waals surface area contributed by atoms with Crippen LogP contribution in [0.25, 0.3) is 10.8 Å². The molecule has 0 aliphatic rings. The van der Waals surface area contributed by atoms with Gasteiger partial charge in [0.25, 0.3) is 0 Å². The molecule has 3 aromatic carbocycles. The van der Waals surface area contributed by atoms with E-state index in [-0.39, 0.29) is 11.4 Å². The summed E-state index contributed by atoms with van der Waals surface area (Å²) in [5, 5.41) is 9.78. The molecule has 0 spiro atoms. The Morgan fingerprint density at radius 2 is 1.62 bits per heavy atom. The van der Waals surface area contributed by atoms with Gasteiger partial charge in [0.1, 0.15) is 5.75 Å². The van der Waals surface area contributed by atoms with Crippen LogP contribution in [-0.2, 0) is 21.4 Å². The summed E-state index contributed by atoms with van der Waals surface area (Å²) in [7, 11) is -3.75. The van der Waals surface area contributed by atoms with Gasteiger partial charge in [-0.05, 0) is 17.7 Å². The molecule has 2 N–H and O–H groups in total. The normalized spacial score (nSPS) is 11.4. The molecule has 0 fully saturated rings. The highest BCUT2D eigenvalue weighted by atomic mass is 32.2. The SMILES string of the molecule is O=C(O)COc1cccc2c(S(=O)(=O)NCc3ccccc3)cccc12. The molecule has 0 amide bonds. The third-order valence-electron chi connectivity index (χ3n) is 3.79. The molecule has 26 heavy (non-hydrogen) atoms. The zero-order valence-corrected chi connectivity index (χ0v) is 14.6. The molecule has 0 saturated carbocycles. The second kappa shape index (κ2) is 7.55. The van der Waals surface area contributed by atoms with Gasteiger partial charge in [0.2, 0.25) is 10.0 Å². The van der Waals surface area contributed by atoms with E-state index in [0.717, 1.165) is 5.56 Å². The van der Waals surface area contributed by atoms with Crippen molar-refractivity contribution >= 4 is 26.8 Å². The number of nitrogens with one attached hydrogen (secondary N) is 1. The van der Waals surface area contributed by atoms with Crippen LogP contribution in [0.1, 0.15) is 5.56 Å². The number of fused-ring (bicyclic) bond motifs is 1. The first-order valence-corrected chi connectivity index (χ1v) is 9.35. The van der Waals surface area contributed by atoms with Gasteiger partial charge < -0.3 is 9.84 Å². The molecule has 3 rings (SSSR count). The van der Waals surface area contributed by atoms with Crippen LogP contribution >= 0.6 is 0 Å². The molecule has 7 heteroatoms. The minimum absolute atomic E-state index is 0.117. The van der Waals surface area contributed by atoms with Crippen molar-refractivity contribution in [2.24, 2.45) is 0 Å². The van der Waals surface area contributed by atoms with Crippen LogP contribution < -0.4 is 9.46 Å². The monoisotopic (exact) mass is 371 g/mol. The average molecular weight is 371 g/mol. The molecule has 0 radical (unpaired) electrons. The van der Waals surface area contributed by atoms with Crippen LogP contribution in [0.15, 0.2) is 71.6 Å². The van der Waals surface area contributed by atoms with Gasteiger partial charge in [-0.25, -0.2) is 17.9 Å². The lowest BCUT2D eigenvalue weighted by Crippen LogP contribution is -2.23. The third kappa shape index (κ3) is 4.01. The molecule has 0 unspecified atom stereocenters. The predicted octanol–water partition coefficient (Wildman–Crippen LogP) is 2.78. The summed E-state index contributed by atoms with van der Waals surface area (Å²) in [5.41, 5.74) is 0.849. The van der Waals surface area contributed by atoms with Crippen molar-refractivity contribution in [1.82, 2.24) is 4.72 Å². The van der Waals surface area contributed by atoms with Crippen molar-refractivity contribution in [1.29, 1.82) is 0 Å². The van der Waals surface area contributed by atoms with Crippen molar-refractivity contribution in [2.75, 3.05) is 6.61 Å². The van der Waals surface area contributed by atoms with E-state index in [1.165, 1.54) is 6.07 Å². The van der Waals surface area contributed by atoms with Crippen molar-refractivity contribution in [3.8, 4) is 5.75 Å². The molecule has 0 aliphatic carbocycles. The summed E-state index contributed by atoms with van der Waals surface area (Å²) in [6.07, 6.45) is 0. The fraction of sp³-hybridized carbons (Fsp3) is 0.105. The fourth-order valence-electron chi connectivity index (χ4n) is 2.60. The van der Waals surface area contributed by atoms with Gasteiger partial charge in [-0.3, -0.25) is 0 Å². The first kappa shape index (κ1) is 17.9. The van der Waals surface area contributed by atoms with Gasteiger partial charge >= 0.3 is 5.97 Å². The van der Waals surface area contributed by atoms with E-state index in [1.54, 1.807) is 30.3 Å². The summed E-state index contributed by atoms with van der Waals surface area (Å²) in [6.45, 7) is -0.322. The fourth-order valence-corrected chi connectivity index (χ4v) is 3.84. The number of ether oxygens (including phenoxy) is 1. The number of hydrogen-bond donors (Lipinski definition) is 2. The number of carboxylic acids is 1. The smallest absolute Gasteiger partial charge is 0.341 e. The van der Waals surface area contributed by atoms with E-state index in [1.807, 2.05) is 30.3 Å². The second-order valence-corrected chi connectivity index (χ2v) is 7.34. The number of sulfonamides is 1. The Morgan fingerprint density at radius 3 is 2.35 bits per heavy atom. The first-order chi connectivity index (χ1) is 12.5. The molecular formula is C19H17NO5S. The summed E-state index contributed by atoms with van der Waals surface area (Å²) in [6, 6.07) is 18.9. The lowest BCUT2D eigenvalue weighted by molar-refractivity contribution is -0.139. The Labute approximate surface area is 151 Å². The Balaban J connectivity index is 1.94. The lowest BCUT2D eigenvalue weighted by Gasteiger charge is -2.12. The summed E-state index contributed by atoms with van der Waals surface area (Å²) in [5.74, 6) is -0.777. The maximum Gasteiger partial charge on any atom is 0.341 e. The maximum absolute atomic E-state index is 12.8. The van der Waals surface area contributed by atoms with Gasteiger partial charge in [0.15, 0.2) is 6.61 Å². The van der Waals surface area contributed by atoms with Gasteiger partial charge in [0, 0.05) is 17.3 Å². The van der Waals surface area contributed by atoms with E-state index in [9.17, 15) is 13.2 Å². The minimum Gasteiger partial charge on any atom is -0.481 e. The highest BCUT2D eigenvalue weighted by molar-refractivity contribution is 7.89. The summed E-state index contributed by atoms with van der Waals surface area (Å²) in [4.78, 5) is 10.8. The zero-order chi connectivity index (χ0) is 18.6. The number of benzene rings is 3. The van der Waals surface area contributed by atoms with E-state index >= 15 is 0 Å². The first-order valence-electron chi connectivity index (χ1n) is 7.87. The van der Waals surface area contributed by atoms with Crippen molar-refractivity contribution in [3.63, 3.8) is 0 Å². The van der Waals surface area contributed by atoms with Gasteiger partial charge in [0.05, 0.1) is 4.90 Å². The molecule has 0 aromatic heterocycles. The lowest BCUT2D eigenvalue weighted by atomic mass is 10.1. The molecule has 0 bridgehead atoms. The largest absolute Gasteiger partial charge is 0.481 e. The predicted molar refractivity (Wildman–Crippen MR) is 97.5 cm³/mol. The van der Waals surface area contributed by atoms with Crippen LogP contribution in [0.2, 0.25) is 0 Å². The molecule has 6 nitrogen and oxygen atoms in total. The molecule has 134 valence electrons. The molecular weight excluding hydrogens is 354 g/mol. The van der Waals surface area contributed by atoms with Gasteiger partial charge in [-0.15, -0.1) is 0 Å². The number of aliphatic carboxylic acids is 1.